The van der Waals surface area contributed by atoms with Crippen LogP contribution in [0.5, 0.6) is 0 Å². The Kier molecular flexibility index (Phi) is 5.65. The molecule has 18 heavy (non-hydrogen) atoms. The van der Waals surface area contributed by atoms with Crippen LogP contribution in [0, 0.1) is 5.92 Å². The molecule has 0 bridgehead atoms. The molecule has 1 rings (SSSR count). The first-order valence-corrected chi connectivity index (χ1v) is 6.21. The van der Waals surface area contributed by atoms with E-state index in [2.05, 4.69) is 5.32 Å². The highest BCUT2D eigenvalue weighted by molar-refractivity contribution is 6.19. The number of benzene rings is 1. The van der Waals surface area contributed by atoms with Crippen molar-refractivity contribution in [3.63, 3.8) is 0 Å². The maximum absolute atomic E-state index is 11.8. The van der Waals surface area contributed by atoms with Gasteiger partial charge in [-0.3, -0.25) is 9.59 Å². The number of aliphatic carboxylic acids is 1. The second-order valence-corrected chi connectivity index (χ2v) is 4.42. The lowest BCUT2D eigenvalue weighted by molar-refractivity contribution is -0.141. The minimum Gasteiger partial charge on any atom is -0.480 e. The Bertz CT molecular complexity index is 408. The normalized spacial score (nSPS) is 13.7. The number of halogens is 1. The number of carboxylic acid groups (broad SMARTS) is 1. The number of alkyl halides is 1. The number of carbonyl (C=O) groups excluding carboxylic acids is 1. The Morgan fingerprint density at radius 1 is 1.33 bits per heavy atom. The fourth-order valence-corrected chi connectivity index (χ4v) is 1.76. The van der Waals surface area contributed by atoms with E-state index >= 15 is 0 Å². The van der Waals surface area contributed by atoms with Crippen LogP contribution in [0.15, 0.2) is 30.3 Å². The molecule has 4 nitrogen and oxygen atoms in total. The predicted octanol–water partition coefficient (Wildman–Crippen LogP) is 1.67. The van der Waals surface area contributed by atoms with Gasteiger partial charge in [0.2, 0.25) is 5.91 Å². The van der Waals surface area contributed by atoms with Gasteiger partial charge in [-0.2, -0.15) is 0 Å². The minimum atomic E-state index is -1.06. The van der Waals surface area contributed by atoms with Crippen molar-refractivity contribution >= 4 is 23.5 Å². The number of carboxylic acids is 1. The molecule has 1 amide bonds. The van der Waals surface area contributed by atoms with Crippen LogP contribution >= 0.6 is 11.6 Å². The van der Waals surface area contributed by atoms with Crippen LogP contribution in [0.3, 0.4) is 0 Å². The summed E-state index contributed by atoms with van der Waals surface area (Å²) in [7, 11) is 0. The zero-order chi connectivity index (χ0) is 13.5. The second kappa shape index (κ2) is 7.01. The number of hydrogen-bond donors (Lipinski definition) is 2. The number of rotatable bonds is 6. The molecule has 1 aromatic rings. The highest BCUT2D eigenvalue weighted by Gasteiger charge is 2.21. The fraction of sp³-hybridized carbons (Fsp3) is 0.385. The van der Waals surface area contributed by atoms with E-state index in [1.165, 1.54) is 6.92 Å². The third-order valence-corrected chi connectivity index (χ3v) is 2.98. The molecule has 1 aromatic carbocycles. The molecule has 0 aliphatic carbocycles. The van der Waals surface area contributed by atoms with Crippen LogP contribution in [0.2, 0.25) is 0 Å². The number of amides is 1. The van der Waals surface area contributed by atoms with E-state index < -0.39 is 17.9 Å². The van der Waals surface area contributed by atoms with Crippen LogP contribution in [0.25, 0.3) is 0 Å². The van der Waals surface area contributed by atoms with Crippen LogP contribution in [0.4, 0.5) is 0 Å². The maximum Gasteiger partial charge on any atom is 0.325 e. The first-order valence-electron chi connectivity index (χ1n) is 5.67. The summed E-state index contributed by atoms with van der Waals surface area (Å²) >= 11 is 5.77. The topological polar surface area (TPSA) is 66.4 Å². The Morgan fingerprint density at radius 2 is 1.94 bits per heavy atom. The smallest absolute Gasteiger partial charge is 0.325 e. The molecule has 0 aromatic heterocycles. The van der Waals surface area contributed by atoms with E-state index in [0.717, 1.165) is 5.56 Å². The molecule has 2 N–H and O–H groups in total. The Hall–Kier alpha value is -1.55. The van der Waals surface area contributed by atoms with Crippen molar-refractivity contribution in [2.75, 3.05) is 5.88 Å². The summed E-state index contributed by atoms with van der Waals surface area (Å²) in [5, 5.41) is 11.2. The summed E-state index contributed by atoms with van der Waals surface area (Å²) in [6.45, 7) is 1.42. The lowest BCUT2D eigenvalue weighted by Crippen LogP contribution is -2.42. The minimum absolute atomic E-state index is 0.160. The van der Waals surface area contributed by atoms with E-state index in [9.17, 15) is 9.59 Å². The molecular weight excluding hydrogens is 254 g/mol. The van der Waals surface area contributed by atoms with Crippen LogP contribution in [0.1, 0.15) is 12.5 Å². The van der Waals surface area contributed by atoms with E-state index in [-0.39, 0.29) is 11.8 Å². The molecule has 2 atom stereocenters. The Morgan fingerprint density at radius 3 is 2.44 bits per heavy atom. The summed E-state index contributed by atoms with van der Waals surface area (Å²) in [6.07, 6.45) is 0.502. The molecule has 0 radical (unpaired) electrons. The molecule has 98 valence electrons. The highest BCUT2D eigenvalue weighted by atomic mass is 35.5. The van der Waals surface area contributed by atoms with Crippen LogP contribution in [-0.4, -0.2) is 28.9 Å². The molecule has 1 unspecified atom stereocenters. The van der Waals surface area contributed by atoms with Gasteiger partial charge in [0.25, 0.3) is 0 Å². The largest absolute Gasteiger partial charge is 0.480 e. The summed E-state index contributed by atoms with van der Waals surface area (Å²) in [5.74, 6) is -1.65. The predicted molar refractivity (Wildman–Crippen MR) is 69.6 cm³/mol. The van der Waals surface area contributed by atoms with Crippen molar-refractivity contribution in [2.45, 2.75) is 19.4 Å². The Labute approximate surface area is 111 Å². The average Bonchev–Trinajstić information content (AvgIpc) is 2.36. The van der Waals surface area contributed by atoms with Gasteiger partial charge < -0.3 is 10.4 Å². The van der Waals surface area contributed by atoms with Crippen LogP contribution in [-0.2, 0) is 16.0 Å². The van der Waals surface area contributed by atoms with E-state index in [4.69, 9.17) is 16.7 Å². The summed E-state index contributed by atoms with van der Waals surface area (Å²) in [5.41, 5.74) is 1.00. The molecule has 0 spiro atoms. The van der Waals surface area contributed by atoms with Crippen LogP contribution < -0.4 is 5.32 Å². The zero-order valence-electron chi connectivity index (χ0n) is 10.1. The quantitative estimate of drug-likeness (QED) is 0.772. The molecule has 0 heterocycles. The number of carbonyl (C=O) groups is 2. The van der Waals surface area contributed by atoms with Crippen molar-refractivity contribution in [3.05, 3.63) is 35.9 Å². The van der Waals surface area contributed by atoms with Crippen molar-refractivity contribution in [1.82, 2.24) is 5.32 Å². The summed E-state index contributed by atoms with van der Waals surface area (Å²) in [6, 6.07) is 8.59. The summed E-state index contributed by atoms with van der Waals surface area (Å²) in [4.78, 5) is 22.5. The third kappa shape index (κ3) is 4.37. The second-order valence-electron chi connectivity index (χ2n) is 4.11. The lowest BCUT2D eigenvalue weighted by atomic mass is 10.00. The molecule has 0 aliphatic rings. The van der Waals surface area contributed by atoms with Gasteiger partial charge in [-0.1, -0.05) is 30.3 Å². The first kappa shape index (κ1) is 14.5. The maximum atomic E-state index is 11.8. The van der Waals surface area contributed by atoms with Gasteiger partial charge in [-0.15, -0.1) is 11.6 Å². The standard InChI is InChI=1S/C13H16ClNO3/c1-9(13(17)18)15-12(16)11(8-14)7-10-5-3-2-4-6-10/h2-6,9,11H,7-8H2,1H3,(H,15,16)(H,17,18)/t9-,11?/m0/s1. The van der Waals surface area contributed by atoms with Crippen molar-refractivity contribution in [2.24, 2.45) is 5.92 Å². The summed E-state index contributed by atoms with van der Waals surface area (Å²) < 4.78 is 0. The fourth-order valence-electron chi connectivity index (χ4n) is 1.51. The van der Waals surface area contributed by atoms with Gasteiger partial charge in [0.1, 0.15) is 6.04 Å². The van der Waals surface area contributed by atoms with Gasteiger partial charge in [0.15, 0.2) is 0 Å². The van der Waals surface area contributed by atoms with Gasteiger partial charge in [0.05, 0.1) is 5.92 Å². The molecule has 0 saturated carbocycles. The molecule has 0 saturated heterocycles. The first-order chi connectivity index (χ1) is 8.54. The molecule has 0 aliphatic heterocycles. The van der Waals surface area contributed by atoms with Gasteiger partial charge in [0, 0.05) is 5.88 Å². The zero-order valence-corrected chi connectivity index (χ0v) is 10.9. The average molecular weight is 270 g/mol. The van der Waals surface area contributed by atoms with Crippen molar-refractivity contribution < 1.29 is 14.7 Å². The van der Waals surface area contributed by atoms with Crippen molar-refractivity contribution in [3.8, 4) is 0 Å². The highest BCUT2D eigenvalue weighted by Crippen LogP contribution is 2.11. The molecule has 0 fully saturated rings. The lowest BCUT2D eigenvalue weighted by Gasteiger charge is -2.16. The van der Waals surface area contributed by atoms with Gasteiger partial charge in [-0.25, -0.2) is 0 Å². The van der Waals surface area contributed by atoms with Gasteiger partial charge >= 0.3 is 5.97 Å². The van der Waals surface area contributed by atoms with Crippen molar-refractivity contribution in [1.29, 1.82) is 0 Å². The number of hydrogen-bond acceptors (Lipinski definition) is 2. The molecular formula is C13H16ClNO3. The van der Waals surface area contributed by atoms with E-state index in [1.54, 1.807) is 0 Å². The monoisotopic (exact) mass is 269 g/mol. The van der Waals surface area contributed by atoms with E-state index in [0.29, 0.717) is 6.42 Å². The number of nitrogens with one attached hydrogen (secondary N) is 1. The van der Waals surface area contributed by atoms with Gasteiger partial charge in [-0.05, 0) is 18.9 Å². The Balaban J connectivity index is 2.61. The SMILES string of the molecule is C[C@H](NC(=O)C(CCl)Cc1ccccc1)C(=O)O. The van der Waals surface area contributed by atoms with E-state index in [1.807, 2.05) is 30.3 Å². The molecule has 5 heteroatoms. The third-order valence-electron chi connectivity index (χ3n) is 2.61.